The van der Waals surface area contributed by atoms with Crippen LogP contribution in [0, 0.1) is 0 Å². The number of carbonyl (C=O) groups is 2. The van der Waals surface area contributed by atoms with Gasteiger partial charge >= 0.3 is 11.9 Å². The third-order valence-corrected chi connectivity index (χ3v) is 2.60. The Morgan fingerprint density at radius 2 is 2.20 bits per heavy atom. The summed E-state index contributed by atoms with van der Waals surface area (Å²) >= 11 is 0. The molecule has 0 aromatic rings. The smallest absolute Gasteiger partial charge is 0.322 e. The molecule has 6 heteroatoms. The van der Waals surface area contributed by atoms with Crippen LogP contribution >= 0.6 is 0 Å². The lowest BCUT2D eigenvalue weighted by molar-refractivity contribution is -0.141. The first kappa shape index (κ1) is 11.9. The number of carboxylic acid groups (broad SMARTS) is 2. The molecule has 1 heterocycles. The van der Waals surface area contributed by atoms with E-state index in [-0.39, 0.29) is 12.5 Å². The van der Waals surface area contributed by atoms with Gasteiger partial charge in [-0.3, -0.25) is 14.5 Å². The molecule has 1 aliphatic heterocycles. The van der Waals surface area contributed by atoms with E-state index in [0.29, 0.717) is 19.6 Å². The summed E-state index contributed by atoms with van der Waals surface area (Å²) < 4.78 is 0. The van der Waals surface area contributed by atoms with Gasteiger partial charge in [0.1, 0.15) is 6.04 Å². The first-order valence-corrected chi connectivity index (χ1v) is 4.92. The summed E-state index contributed by atoms with van der Waals surface area (Å²) in [5.74, 6) is -1.74. The van der Waals surface area contributed by atoms with Gasteiger partial charge in [-0.25, -0.2) is 0 Å². The molecule has 2 unspecified atom stereocenters. The second kappa shape index (κ2) is 5.09. The van der Waals surface area contributed by atoms with Gasteiger partial charge in [-0.2, -0.15) is 0 Å². The monoisotopic (exact) mass is 216 g/mol. The molecule has 1 fully saturated rings. The molecule has 1 saturated heterocycles. The van der Waals surface area contributed by atoms with E-state index in [9.17, 15) is 9.59 Å². The van der Waals surface area contributed by atoms with E-state index < -0.39 is 18.0 Å². The van der Waals surface area contributed by atoms with Crippen LogP contribution in [0.5, 0.6) is 0 Å². The van der Waals surface area contributed by atoms with Gasteiger partial charge in [0, 0.05) is 25.7 Å². The third kappa shape index (κ3) is 3.49. The fraction of sp³-hybridized carbons (Fsp3) is 0.778. The number of carboxylic acids is 2. The summed E-state index contributed by atoms with van der Waals surface area (Å²) in [6.07, 6.45) is 0.0480. The minimum Gasteiger partial charge on any atom is -0.481 e. The van der Waals surface area contributed by atoms with E-state index in [2.05, 4.69) is 5.32 Å². The van der Waals surface area contributed by atoms with Crippen molar-refractivity contribution < 1.29 is 19.8 Å². The first-order chi connectivity index (χ1) is 7.00. The predicted octanol–water partition coefficient (Wildman–Crippen LogP) is -0.792. The summed E-state index contributed by atoms with van der Waals surface area (Å²) in [6, 6.07) is -0.707. The summed E-state index contributed by atoms with van der Waals surface area (Å²) in [7, 11) is 0. The zero-order valence-electron chi connectivity index (χ0n) is 8.64. The fourth-order valence-corrected chi connectivity index (χ4v) is 1.72. The van der Waals surface area contributed by atoms with Crippen molar-refractivity contribution in [2.45, 2.75) is 25.4 Å². The van der Waals surface area contributed by atoms with Gasteiger partial charge in [0.25, 0.3) is 0 Å². The number of aliphatic carboxylic acids is 2. The Labute approximate surface area is 87.9 Å². The van der Waals surface area contributed by atoms with Crippen molar-refractivity contribution >= 4 is 11.9 Å². The van der Waals surface area contributed by atoms with Crippen LogP contribution in [-0.4, -0.2) is 58.8 Å². The summed E-state index contributed by atoms with van der Waals surface area (Å²) in [5, 5.41) is 20.3. The van der Waals surface area contributed by atoms with Crippen LogP contribution in [0.1, 0.15) is 13.3 Å². The van der Waals surface area contributed by atoms with E-state index >= 15 is 0 Å². The molecule has 0 spiro atoms. The van der Waals surface area contributed by atoms with Gasteiger partial charge in [0.2, 0.25) is 0 Å². The summed E-state index contributed by atoms with van der Waals surface area (Å²) in [6.45, 7) is 3.45. The second-order valence-corrected chi connectivity index (χ2v) is 3.79. The first-order valence-electron chi connectivity index (χ1n) is 4.92. The number of nitrogens with one attached hydrogen (secondary N) is 1. The van der Waals surface area contributed by atoms with Gasteiger partial charge in [-0.05, 0) is 6.92 Å². The average Bonchev–Trinajstić information content (AvgIpc) is 2.17. The molecule has 6 nitrogen and oxygen atoms in total. The number of piperazine rings is 1. The zero-order chi connectivity index (χ0) is 11.4. The molecule has 86 valence electrons. The molecular formula is C9H16N2O4. The molecule has 1 aliphatic rings. The molecule has 0 radical (unpaired) electrons. The molecule has 0 amide bonds. The van der Waals surface area contributed by atoms with Crippen LogP contribution < -0.4 is 5.32 Å². The molecule has 1 rings (SSSR count). The topological polar surface area (TPSA) is 89.9 Å². The normalized spacial score (nSPS) is 24.7. The Morgan fingerprint density at radius 3 is 2.73 bits per heavy atom. The molecule has 2 atom stereocenters. The molecule has 0 saturated carbocycles. The molecule has 3 N–H and O–H groups in total. The summed E-state index contributed by atoms with van der Waals surface area (Å²) in [5.41, 5.74) is 0. The molecular weight excluding hydrogens is 200 g/mol. The van der Waals surface area contributed by atoms with Crippen molar-refractivity contribution in [1.29, 1.82) is 0 Å². The number of hydrogen-bond acceptors (Lipinski definition) is 4. The average molecular weight is 216 g/mol. The zero-order valence-corrected chi connectivity index (χ0v) is 8.64. The van der Waals surface area contributed by atoms with Crippen molar-refractivity contribution in [2.75, 3.05) is 19.6 Å². The van der Waals surface area contributed by atoms with Crippen molar-refractivity contribution in [2.24, 2.45) is 0 Å². The van der Waals surface area contributed by atoms with Gasteiger partial charge in [0.05, 0.1) is 6.42 Å². The fourth-order valence-electron chi connectivity index (χ4n) is 1.72. The number of nitrogens with zero attached hydrogens (tertiary/aromatic N) is 1. The lowest BCUT2D eigenvalue weighted by Gasteiger charge is -2.35. The Bertz CT molecular complexity index is 256. The lowest BCUT2D eigenvalue weighted by atomic mass is 10.1. The molecule has 0 aliphatic carbocycles. The maximum Gasteiger partial charge on any atom is 0.322 e. The van der Waals surface area contributed by atoms with Crippen LogP contribution in [0.2, 0.25) is 0 Å². The van der Waals surface area contributed by atoms with Crippen LogP contribution in [0.4, 0.5) is 0 Å². The van der Waals surface area contributed by atoms with Gasteiger partial charge in [0.15, 0.2) is 0 Å². The van der Waals surface area contributed by atoms with Gasteiger partial charge in [-0.15, -0.1) is 0 Å². The van der Waals surface area contributed by atoms with Gasteiger partial charge in [-0.1, -0.05) is 0 Å². The van der Waals surface area contributed by atoms with E-state index in [1.165, 1.54) is 0 Å². The SMILES string of the molecule is CC(CC(=O)O)N1CCNC(C(=O)O)C1. The minimum atomic E-state index is -0.887. The highest BCUT2D eigenvalue weighted by Crippen LogP contribution is 2.08. The Balaban J connectivity index is 2.48. The highest BCUT2D eigenvalue weighted by Gasteiger charge is 2.28. The molecule has 0 aromatic carbocycles. The number of rotatable bonds is 4. The van der Waals surface area contributed by atoms with E-state index in [0.717, 1.165) is 0 Å². The number of hydrogen-bond donors (Lipinski definition) is 3. The van der Waals surface area contributed by atoms with Crippen molar-refractivity contribution in [3.05, 3.63) is 0 Å². The van der Waals surface area contributed by atoms with E-state index in [1.807, 2.05) is 4.90 Å². The maximum atomic E-state index is 10.7. The third-order valence-electron chi connectivity index (χ3n) is 2.60. The maximum absolute atomic E-state index is 10.7. The van der Waals surface area contributed by atoms with Gasteiger partial charge < -0.3 is 15.5 Å². The van der Waals surface area contributed by atoms with Crippen molar-refractivity contribution in [3.63, 3.8) is 0 Å². The Kier molecular flexibility index (Phi) is 4.05. The Hall–Kier alpha value is -1.14. The highest BCUT2D eigenvalue weighted by atomic mass is 16.4. The van der Waals surface area contributed by atoms with Crippen LogP contribution in [-0.2, 0) is 9.59 Å². The van der Waals surface area contributed by atoms with Crippen molar-refractivity contribution in [1.82, 2.24) is 10.2 Å². The quantitative estimate of drug-likeness (QED) is 0.570. The van der Waals surface area contributed by atoms with Crippen LogP contribution in [0.15, 0.2) is 0 Å². The second-order valence-electron chi connectivity index (χ2n) is 3.79. The van der Waals surface area contributed by atoms with Crippen molar-refractivity contribution in [3.8, 4) is 0 Å². The minimum absolute atomic E-state index is 0.0480. The van der Waals surface area contributed by atoms with E-state index in [4.69, 9.17) is 10.2 Å². The molecule has 15 heavy (non-hydrogen) atoms. The summed E-state index contributed by atoms with van der Waals surface area (Å²) in [4.78, 5) is 23.1. The largest absolute Gasteiger partial charge is 0.481 e. The molecule has 0 aromatic heterocycles. The Morgan fingerprint density at radius 1 is 1.53 bits per heavy atom. The molecule has 0 bridgehead atoms. The predicted molar refractivity (Wildman–Crippen MR) is 52.7 cm³/mol. The van der Waals surface area contributed by atoms with Crippen LogP contribution in [0.3, 0.4) is 0 Å². The standard InChI is InChI=1S/C9H16N2O4/c1-6(4-8(12)13)11-3-2-10-7(5-11)9(14)15/h6-7,10H,2-5H2,1H3,(H,12,13)(H,14,15). The van der Waals surface area contributed by atoms with Crippen LogP contribution in [0.25, 0.3) is 0 Å². The van der Waals surface area contributed by atoms with E-state index in [1.54, 1.807) is 6.92 Å². The lowest BCUT2D eigenvalue weighted by Crippen LogP contribution is -2.56. The highest BCUT2D eigenvalue weighted by molar-refractivity contribution is 5.74.